The van der Waals surface area contributed by atoms with E-state index in [9.17, 15) is 27.1 Å². The van der Waals surface area contributed by atoms with E-state index in [1.807, 2.05) is 0 Å². The van der Waals surface area contributed by atoms with Gasteiger partial charge in [0, 0.05) is 76.0 Å². The molecule has 0 radical (unpaired) electrons. The summed E-state index contributed by atoms with van der Waals surface area (Å²) < 4.78 is 58.3. The van der Waals surface area contributed by atoms with Gasteiger partial charge >= 0.3 is 0 Å². The molecule has 3 saturated heterocycles. The predicted molar refractivity (Wildman–Crippen MR) is 154 cm³/mol. The number of hydrogen-bond acceptors (Lipinski definition) is 9. The van der Waals surface area contributed by atoms with E-state index in [0.717, 1.165) is 32.2 Å². The van der Waals surface area contributed by atoms with E-state index in [1.54, 1.807) is 15.5 Å². The van der Waals surface area contributed by atoms with Gasteiger partial charge in [0.25, 0.3) is 22.2 Å². The van der Waals surface area contributed by atoms with Crippen molar-refractivity contribution in [3.8, 4) is 0 Å². The molecule has 4 aliphatic rings. The molecule has 4 fully saturated rings. The van der Waals surface area contributed by atoms with E-state index in [2.05, 4.69) is 32.1 Å². The Morgan fingerprint density at radius 3 is 2.38 bits per heavy atom. The highest BCUT2D eigenvalue weighted by molar-refractivity contribution is 7.86. The highest BCUT2D eigenvalue weighted by Gasteiger charge is 2.43. The second-order valence-corrected chi connectivity index (χ2v) is 14.4. The molecule has 15 heteroatoms. The Bertz CT molecular complexity index is 1470. The minimum absolute atomic E-state index is 0.0986. The topological polar surface area (TPSA) is 127 Å². The molecule has 1 aliphatic carbocycles. The molecule has 12 nitrogen and oxygen atoms in total. The van der Waals surface area contributed by atoms with E-state index < -0.39 is 39.4 Å². The quantitative estimate of drug-likeness (QED) is 0.477. The molecule has 42 heavy (non-hydrogen) atoms. The van der Waals surface area contributed by atoms with Crippen LogP contribution in [0.4, 0.5) is 14.7 Å². The number of fused-ring (bicyclic) bond motifs is 1. The number of alkyl halides is 2. The van der Waals surface area contributed by atoms with Gasteiger partial charge in [0.15, 0.2) is 0 Å². The fraction of sp³-hybridized carbons (Fsp3) is 0.741. The summed E-state index contributed by atoms with van der Waals surface area (Å²) in [5, 5.41) is 14.5. The summed E-state index contributed by atoms with van der Waals surface area (Å²) >= 11 is 0. The van der Waals surface area contributed by atoms with Crippen LogP contribution >= 0.6 is 0 Å². The molecule has 0 unspecified atom stereocenters. The van der Waals surface area contributed by atoms with Crippen LogP contribution in [0.5, 0.6) is 0 Å². The Labute approximate surface area is 244 Å². The van der Waals surface area contributed by atoms with Crippen molar-refractivity contribution >= 4 is 27.2 Å². The highest BCUT2D eigenvalue weighted by Crippen LogP contribution is 2.40. The molecule has 2 atom stereocenters. The van der Waals surface area contributed by atoms with Crippen LogP contribution in [0.15, 0.2) is 17.1 Å². The van der Waals surface area contributed by atoms with Crippen LogP contribution in [0.2, 0.25) is 0 Å². The van der Waals surface area contributed by atoms with Crippen molar-refractivity contribution in [2.24, 2.45) is 0 Å². The van der Waals surface area contributed by atoms with Crippen LogP contribution in [0.3, 0.4) is 0 Å². The first-order valence-electron chi connectivity index (χ1n) is 14.8. The Kier molecular flexibility index (Phi) is 8.02. The number of nitrogens with one attached hydrogen (secondary N) is 1. The summed E-state index contributed by atoms with van der Waals surface area (Å²) in [6, 6.07) is 0.623. The summed E-state index contributed by atoms with van der Waals surface area (Å²) in [4.78, 5) is 26.7. The minimum atomic E-state index is -3.53. The largest absolute Gasteiger partial charge is 0.388 e. The molecule has 0 spiro atoms. The molecule has 0 aromatic carbocycles. The van der Waals surface area contributed by atoms with Gasteiger partial charge in [0.1, 0.15) is 5.65 Å². The number of likely N-dealkylation sites (N-methyl/N-ethyl adjacent to an activating group) is 1. The number of halogens is 2. The second kappa shape index (κ2) is 11.3. The third-order valence-corrected chi connectivity index (χ3v) is 11.5. The number of piperidine rings is 1. The zero-order valence-corrected chi connectivity index (χ0v) is 24.9. The Hall–Kier alpha value is -2.30. The van der Waals surface area contributed by atoms with Gasteiger partial charge in [-0.25, -0.2) is 13.8 Å². The second-order valence-electron chi connectivity index (χ2n) is 12.4. The molecule has 5 heterocycles. The van der Waals surface area contributed by atoms with Crippen LogP contribution in [0, 0.1) is 0 Å². The van der Waals surface area contributed by atoms with Crippen molar-refractivity contribution in [3.63, 3.8) is 0 Å². The van der Waals surface area contributed by atoms with Crippen LogP contribution in [-0.2, 0) is 10.2 Å². The van der Waals surface area contributed by atoms with E-state index in [4.69, 9.17) is 0 Å². The van der Waals surface area contributed by atoms with E-state index in [0.29, 0.717) is 63.7 Å². The number of piperazine rings is 1. The van der Waals surface area contributed by atoms with Crippen LogP contribution in [-0.4, -0.2) is 124 Å². The molecular weight excluding hydrogens is 570 g/mol. The van der Waals surface area contributed by atoms with E-state index in [-0.39, 0.29) is 23.7 Å². The van der Waals surface area contributed by atoms with Gasteiger partial charge in [-0.15, -0.1) is 0 Å². The van der Waals surface area contributed by atoms with Crippen molar-refractivity contribution in [3.05, 3.63) is 28.2 Å². The number of aromatic nitrogens is 3. The van der Waals surface area contributed by atoms with Gasteiger partial charge in [0.05, 0.1) is 17.2 Å². The lowest BCUT2D eigenvalue weighted by Crippen LogP contribution is -2.66. The first-order chi connectivity index (χ1) is 19.9. The SMILES string of the molecule is CN1CCN(C2CN(S(=O)(=O)N3CCC(Nc4ncc5cc(C(F)F)c(=O)n([C@@H]6CCC[C@@]6(C)O)c5n4)CC3)C2)CC1. The minimum Gasteiger partial charge on any atom is -0.388 e. The van der Waals surface area contributed by atoms with Gasteiger partial charge in [-0.3, -0.25) is 14.3 Å². The fourth-order valence-corrected chi connectivity index (χ4v) is 8.51. The molecule has 2 N–H and O–H groups in total. The highest BCUT2D eigenvalue weighted by atomic mass is 32.2. The summed E-state index contributed by atoms with van der Waals surface area (Å²) in [6.45, 7) is 7.32. The first kappa shape index (κ1) is 29.8. The Balaban J connectivity index is 1.12. The lowest BCUT2D eigenvalue weighted by atomic mass is 9.99. The molecule has 232 valence electrons. The number of rotatable bonds is 7. The monoisotopic (exact) mass is 610 g/mol. The Morgan fingerprint density at radius 2 is 1.76 bits per heavy atom. The van der Waals surface area contributed by atoms with Gasteiger partial charge in [-0.2, -0.15) is 22.0 Å². The summed E-state index contributed by atoms with van der Waals surface area (Å²) in [5.74, 6) is 0.233. The van der Waals surface area contributed by atoms with Crippen molar-refractivity contribution in [1.82, 2.24) is 32.9 Å². The Morgan fingerprint density at radius 1 is 1.07 bits per heavy atom. The number of nitrogens with zero attached hydrogens (tertiary/aromatic N) is 7. The number of aliphatic hydroxyl groups is 1. The van der Waals surface area contributed by atoms with E-state index in [1.165, 1.54) is 10.8 Å². The van der Waals surface area contributed by atoms with Crippen molar-refractivity contribution < 1.29 is 22.3 Å². The summed E-state index contributed by atoms with van der Waals surface area (Å²) in [7, 11) is -1.42. The third-order valence-electron chi connectivity index (χ3n) is 9.55. The normalized spacial score (nSPS) is 28.1. The van der Waals surface area contributed by atoms with Crippen LogP contribution in [0.1, 0.15) is 57.1 Å². The average molecular weight is 611 g/mol. The molecular formula is C27H40F2N8O4S. The maximum absolute atomic E-state index is 13.7. The van der Waals surface area contributed by atoms with Crippen molar-refractivity contribution in [2.45, 2.75) is 69.2 Å². The third kappa shape index (κ3) is 5.54. The molecule has 0 amide bonds. The maximum atomic E-state index is 13.7. The summed E-state index contributed by atoms with van der Waals surface area (Å²) in [5.41, 5.74) is -2.52. The maximum Gasteiger partial charge on any atom is 0.282 e. The standard InChI is InChI=1S/C27H40F2N8O4S/c1-27(39)7-3-4-22(27)37-24-18(14-21(23(28)29)25(37)38)15-30-26(32-24)31-19-5-8-35(9-6-19)42(40,41)36-16-20(17-36)34-12-10-33(2)11-13-34/h14-15,19-20,22-23,39H,3-13,16-17H2,1-2H3,(H,30,31,32)/t22-,27-/m1/s1. The van der Waals surface area contributed by atoms with Gasteiger partial charge in [-0.05, 0) is 52.1 Å². The van der Waals surface area contributed by atoms with Crippen molar-refractivity contribution in [2.75, 3.05) is 64.7 Å². The van der Waals surface area contributed by atoms with Crippen LogP contribution < -0.4 is 10.9 Å². The smallest absolute Gasteiger partial charge is 0.282 e. The molecule has 0 bridgehead atoms. The molecule has 2 aromatic rings. The predicted octanol–water partition coefficient (Wildman–Crippen LogP) is 1.26. The van der Waals surface area contributed by atoms with Crippen LogP contribution in [0.25, 0.3) is 11.0 Å². The zero-order chi connectivity index (χ0) is 29.8. The fourth-order valence-electron chi connectivity index (χ4n) is 6.79. The van der Waals surface area contributed by atoms with Gasteiger partial charge < -0.3 is 15.3 Å². The van der Waals surface area contributed by atoms with Gasteiger partial charge in [-0.1, -0.05) is 0 Å². The molecule has 1 saturated carbocycles. The number of pyridine rings is 1. The van der Waals surface area contributed by atoms with Gasteiger partial charge in [0.2, 0.25) is 5.95 Å². The molecule has 6 rings (SSSR count). The number of anilines is 1. The number of hydrogen-bond donors (Lipinski definition) is 2. The molecule has 3 aliphatic heterocycles. The first-order valence-corrected chi connectivity index (χ1v) is 16.2. The van der Waals surface area contributed by atoms with Crippen molar-refractivity contribution in [1.29, 1.82) is 0 Å². The molecule has 2 aromatic heterocycles. The zero-order valence-electron chi connectivity index (χ0n) is 24.1. The van der Waals surface area contributed by atoms with E-state index >= 15 is 0 Å². The average Bonchev–Trinajstić information content (AvgIpc) is 3.27. The lowest BCUT2D eigenvalue weighted by Gasteiger charge is -2.48. The summed E-state index contributed by atoms with van der Waals surface area (Å²) in [6.07, 6.45) is 1.13. The lowest BCUT2D eigenvalue weighted by molar-refractivity contribution is 0.0261.